The fourth-order valence-corrected chi connectivity index (χ4v) is 3.14. The number of carbonyl (C=O) groups is 2. The van der Waals surface area contributed by atoms with Gasteiger partial charge < -0.3 is 18.9 Å². The highest BCUT2D eigenvalue weighted by atomic mass is 19.4. The van der Waals surface area contributed by atoms with Crippen molar-refractivity contribution in [3.63, 3.8) is 0 Å². The minimum absolute atomic E-state index is 0.0934. The van der Waals surface area contributed by atoms with E-state index in [4.69, 9.17) is 14.2 Å². The zero-order chi connectivity index (χ0) is 24.6. The van der Waals surface area contributed by atoms with Crippen LogP contribution in [0.15, 0.2) is 0 Å². The van der Waals surface area contributed by atoms with Gasteiger partial charge in [0.2, 0.25) is 0 Å². The summed E-state index contributed by atoms with van der Waals surface area (Å²) in [5.41, 5.74) is -1.93. The normalized spacial score (nSPS) is 19.0. The van der Waals surface area contributed by atoms with Crippen LogP contribution >= 0.6 is 0 Å². The standard InChI is InChI=1S/C22H39F3O6/c1-10-20(8,30-18(26)22(23,24)25)13-17(7)28-15(5)12-16(6)29-19(27)31-21(9,11-2)14(3)4/h14-17H,10-13H2,1-9H3. The van der Waals surface area contributed by atoms with Gasteiger partial charge in [0.1, 0.15) is 17.3 Å². The molecule has 0 N–H and O–H groups in total. The van der Waals surface area contributed by atoms with Gasteiger partial charge in [-0.15, -0.1) is 0 Å². The molecule has 0 saturated carbocycles. The lowest BCUT2D eigenvalue weighted by atomic mass is 9.90. The lowest BCUT2D eigenvalue weighted by molar-refractivity contribution is -0.215. The van der Waals surface area contributed by atoms with Gasteiger partial charge in [-0.3, -0.25) is 0 Å². The molecule has 0 aromatic carbocycles. The topological polar surface area (TPSA) is 71.1 Å². The van der Waals surface area contributed by atoms with Crippen LogP contribution in [0, 0.1) is 5.92 Å². The van der Waals surface area contributed by atoms with Crippen molar-refractivity contribution in [1.29, 1.82) is 0 Å². The van der Waals surface area contributed by atoms with Crippen LogP contribution in [0.4, 0.5) is 18.0 Å². The van der Waals surface area contributed by atoms with Crippen LogP contribution in [0.2, 0.25) is 0 Å². The van der Waals surface area contributed by atoms with Crippen LogP contribution in [0.5, 0.6) is 0 Å². The molecule has 0 bridgehead atoms. The van der Waals surface area contributed by atoms with Gasteiger partial charge in [0.15, 0.2) is 0 Å². The molecule has 0 heterocycles. The van der Waals surface area contributed by atoms with E-state index in [0.29, 0.717) is 12.8 Å². The van der Waals surface area contributed by atoms with Crippen LogP contribution in [0.1, 0.15) is 88.0 Å². The largest absolute Gasteiger partial charge is 0.509 e. The Labute approximate surface area is 184 Å². The first kappa shape index (κ1) is 29.5. The molecule has 0 aliphatic carbocycles. The molecule has 0 aliphatic rings. The summed E-state index contributed by atoms with van der Waals surface area (Å²) in [4.78, 5) is 23.3. The smallest absolute Gasteiger partial charge is 0.453 e. The van der Waals surface area contributed by atoms with Gasteiger partial charge >= 0.3 is 18.3 Å². The van der Waals surface area contributed by atoms with E-state index in [-0.39, 0.29) is 24.9 Å². The second-order valence-electron chi connectivity index (χ2n) is 8.99. The van der Waals surface area contributed by atoms with E-state index in [0.717, 1.165) is 0 Å². The Bertz CT molecular complexity index is 580. The molecule has 5 unspecified atom stereocenters. The SMILES string of the molecule is CCC(C)(CC(C)OC(C)CC(C)OC(=O)OC(C)(CC)C(C)C)OC(=O)C(F)(F)F. The maximum atomic E-state index is 12.5. The second kappa shape index (κ2) is 11.9. The zero-order valence-corrected chi connectivity index (χ0v) is 20.2. The molecule has 0 aliphatic heterocycles. The Morgan fingerprint density at radius 2 is 1.39 bits per heavy atom. The van der Waals surface area contributed by atoms with E-state index in [2.05, 4.69) is 4.74 Å². The first-order chi connectivity index (χ1) is 14.0. The molecular formula is C22H39F3O6. The lowest BCUT2D eigenvalue weighted by Gasteiger charge is -2.33. The monoisotopic (exact) mass is 456 g/mol. The van der Waals surface area contributed by atoms with E-state index in [9.17, 15) is 22.8 Å². The van der Waals surface area contributed by atoms with Crippen molar-refractivity contribution < 1.29 is 41.7 Å². The molecule has 0 aromatic heterocycles. The zero-order valence-electron chi connectivity index (χ0n) is 20.2. The molecule has 31 heavy (non-hydrogen) atoms. The molecule has 0 saturated heterocycles. The van der Waals surface area contributed by atoms with Gasteiger partial charge in [-0.05, 0) is 53.4 Å². The number of ether oxygens (including phenoxy) is 4. The number of halogens is 3. The summed E-state index contributed by atoms with van der Waals surface area (Å²) in [6.45, 7) is 16.0. The predicted octanol–water partition coefficient (Wildman–Crippen LogP) is 6.20. The second-order valence-corrected chi connectivity index (χ2v) is 8.99. The molecule has 0 radical (unpaired) electrons. The highest BCUT2D eigenvalue weighted by Crippen LogP contribution is 2.29. The third-order valence-corrected chi connectivity index (χ3v) is 5.70. The first-order valence-electron chi connectivity index (χ1n) is 10.8. The summed E-state index contributed by atoms with van der Waals surface area (Å²) < 4.78 is 58.9. The number of alkyl halides is 3. The lowest BCUT2D eigenvalue weighted by Crippen LogP contribution is -2.40. The van der Waals surface area contributed by atoms with E-state index in [1.165, 1.54) is 6.92 Å². The Hall–Kier alpha value is -1.51. The van der Waals surface area contributed by atoms with Gasteiger partial charge in [0.05, 0.1) is 12.2 Å². The van der Waals surface area contributed by atoms with Gasteiger partial charge in [-0.25, -0.2) is 9.59 Å². The highest BCUT2D eigenvalue weighted by Gasteiger charge is 2.45. The first-order valence-corrected chi connectivity index (χ1v) is 10.8. The minimum Gasteiger partial charge on any atom is -0.453 e. The van der Waals surface area contributed by atoms with Gasteiger partial charge in [0, 0.05) is 12.8 Å². The van der Waals surface area contributed by atoms with E-state index < -0.39 is 41.7 Å². The van der Waals surface area contributed by atoms with Crippen LogP contribution in [-0.4, -0.2) is 47.8 Å². The van der Waals surface area contributed by atoms with Crippen molar-refractivity contribution in [2.75, 3.05) is 0 Å². The highest BCUT2D eigenvalue weighted by molar-refractivity contribution is 5.76. The van der Waals surface area contributed by atoms with Crippen molar-refractivity contribution in [2.24, 2.45) is 5.92 Å². The van der Waals surface area contributed by atoms with E-state index in [1.54, 1.807) is 27.7 Å². The summed E-state index contributed by atoms with van der Waals surface area (Å²) in [7, 11) is 0. The van der Waals surface area contributed by atoms with Gasteiger partial charge in [-0.1, -0.05) is 27.7 Å². The molecule has 0 rings (SSSR count). The van der Waals surface area contributed by atoms with Crippen molar-refractivity contribution in [3.8, 4) is 0 Å². The number of rotatable bonds is 12. The van der Waals surface area contributed by atoms with E-state index >= 15 is 0 Å². The maximum Gasteiger partial charge on any atom is 0.509 e. The molecule has 184 valence electrons. The summed E-state index contributed by atoms with van der Waals surface area (Å²) in [6.07, 6.45) is -5.78. The Morgan fingerprint density at radius 3 is 1.81 bits per heavy atom. The van der Waals surface area contributed by atoms with Crippen molar-refractivity contribution in [3.05, 3.63) is 0 Å². The molecule has 6 nitrogen and oxygen atoms in total. The molecule has 0 amide bonds. The van der Waals surface area contributed by atoms with Crippen LogP contribution < -0.4 is 0 Å². The molecule has 0 aromatic rings. The average Bonchev–Trinajstić information content (AvgIpc) is 2.59. The third kappa shape index (κ3) is 10.6. The van der Waals surface area contributed by atoms with Crippen LogP contribution in [0.25, 0.3) is 0 Å². The summed E-state index contributed by atoms with van der Waals surface area (Å²) in [5, 5.41) is 0. The van der Waals surface area contributed by atoms with Crippen molar-refractivity contribution in [1.82, 2.24) is 0 Å². The fourth-order valence-electron chi connectivity index (χ4n) is 3.14. The maximum absolute atomic E-state index is 12.5. The Balaban J connectivity index is 4.68. The molecule has 9 heteroatoms. The van der Waals surface area contributed by atoms with Gasteiger partial charge in [0.25, 0.3) is 0 Å². The van der Waals surface area contributed by atoms with Crippen LogP contribution in [-0.2, 0) is 23.7 Å². The third-order valence-electron chi connectivity index (χ3n) is 5.70. The summed E-state index contributed by atoms with van der Waals surface area (Å²) in [6, 6.07) is 0. The average molecular weight is 457 g/mol. The molecule has 0 spiro atoms. The van der Waals surface area contributed by atoms with Crippen molar-refractivity contribution >= 4 is 12.1 Å². The quantitative estimate of drug-likeness (QED) is 0.326. The Kier molecular flexibility index (Phi) is 11.3. The minimum atomic E-state index is -5.04. The van der Waals surface area contributed by atoms with Crippen molar-refractivity contribution in [2.45, 2.75) is 124 Å². The van der Waals surface area contributed by atoms with Gasteiger partial charge in [-0.2, -0.15) is 13.2 Å². The number of hydrogen-bond acceptors (Lipinski definition) is 6. The fraction of sp³-hybridized carbons (Fsp3) is 0.909. The summed E-state index contributed by atoms with van der Waals surface area (Å²) in [5.74, 6) is -2.08. The molecule has 0 fully saturated rings. The number of esters is 1. The molecular weight excluding hydrogens is 417 g/mol. The van der Waals surface area contributed by atoms with Crippen LogP contribution in [0.3, 0.4) is 0 Å². The predicted molar refractivity (Wildman–Crippen MR) is 111 cm³/mol. The number of hydrogen-bond donors (Lipinski definition) is 0. The van der Waals surface area contributed by atoms with E-state index in [1.807, 2.05) is 27.7 Å². The number of carbonyl (C=O) groups excluding carboxylic acids is 2. The Morgan fingerprint density at radius 1 is 0.839 bits per heavy atom. The molecule has 5 atom stereocenters. The summed E-state index contributed by atoms with van der Waals surface area (Å²) >= 11 is 0.